The molecule has 0 aliphatic carbocycles. The molecular weight excluding hydrogens is 426 g/mol. The molecule has 0 fully saturated rings. The summed E-state index contributed by atoms with van der Waals surface area (Å²) in [5, 5.41) is 5.47. The van der Waals surface area contributed by atoms with Crippen LogP contribution in [0.5, 0.6) is 0 Å². The summed E-state index contributed by atoms with van der Waals surface area (Å²) in [6, 6.07) is 18.2. The summed E-state index contributed by atoms with van der Waals surface area (Å²) in [5.74, 6) is -0.470. The van der Waals surface area contributed by atoms with Gasteiger partial charge in [-0.05, 0) is 79.1 Å². The first-order valence-corrected chi connectivity index (χ1v) is 11.5. The van der Waals surface area contributed by atoms with Crippen molar-refractivity contribution in [2.24, 2.45) is 0 Å². The zero-order valence-corrected chi connectivity index (χ0v) is 18.9. The van der Waals surface area contributed by atoms with Crippen molar-refractivity contribution in [2.45, 2.75) is 32.2 Å². The van der Waals surface area contributed by atoms with Crippen molar-refractivity contribution in [3.63, 3.8) is 0 Å². The van der Waals surface area contributed by atoms with Crippen LogP contribution in [-0.4, -0.2) is 20.2 Å². The van der Waals surface area contributed by atoms with Crippen molar-refractivity contribution in [2.75, 3.05) is 10.0 Å². The predicted molar refractivity (Wildman–Crippen MR) is 125 cm³/mol. The van der Waals surface area contributed by atoms with Crippen molar-refractivity contribution >= 4 is 33.2 Å². The molecule has 3 rings (SSSR count). The second-order valence-electron chi connectivity index (χ2n) is 7.49. The predicted octanol–water partition coefficient (Wildman–Crippen LogP) is 3.99. The molecule has 0 saturated heterocycles. The molecule has 0 bridgehead atoms. The molecule has 2 amide bonds. The molecule has 32 heavy (non-hydrogen) atoms. The number of anilines is 2. The zero-order valence-electron chi connectivity index (χ0n) is 18.1. The van der Waals surface area contributed by atoms with Gasteiger partial charge in [-0.3, -0.25) is 14.3 Å². The number of nitrogens with one attached hydrogen (secondary N) is 3. The second kappa shape index (κ2) is 9.65. The van der Waals surface area contributed by atoms with Gasteiger partial charge in [-0.2, -0.15) is 0 Å². The third-order valence-electron chi connectivity index (χ3n) is 4.91. The molecule has 0 spiro atoms. The molecule has 166 valence electrons. The van der Waals surface area contributed by atoms with Gasteiger partial charge in [0.05, 0.1) is 4.90 Å². The van der Waals surface area contributed by atoms with Crippen LogP contribution in [0.4, 0.5) is 11.4 Å². The molecule has 0 atom stereocenters. The van der Waals surface area contributed by atoms with E-state index in [1.54, 1.807) is 36.4 Å². The van der Waals surface area contributed by atoms with Crippen LogP contribution >= 0.6 is 0 Å². The molecule has 0 aromatic heterocycles. The van der Waals surface area contributed by atoms with Crippen LogP contribution in [0.15, 0.2) is 71.6 Å². The van der Waals surface area contributed by atoms with Crippen molar-refractivity contribution < 1.29 is 18.0 Å². The van der Waals surface area contributed by atoms with Crippen LogP contribution in [0, 0.1) is 13.8 Å². The molecule has 0 aliphatic heterocycles. The van der Waals surface area contributed by atoms with Crippen molar-refractivity contribution in [3.8, 4) is 0 Å². The first-order chi connectivity index (χ1) is 15.1. The van der Waals surface area contributed by atoms with Gasteiger partial charge in [0, 0.05) is 30.4 Å². The number of sulfonamides is 1. The minimum atomic E-state index is -3.77. The topological polar surface area (TPSA) is 104 Å². The number of hydrogen-bond donors (Lipinski definition) is 3. The number of benzene rings is 3. The second-order valence-corrected chi connectivity index (χ2v) is 9.17. The monoisotopic (exact) mass is 451 g/mol. The van der Waals surface area contributed by atoms with Crippen molar-refractivity contribution in [1.29, 1.82) is 0 Å². The third kappa shape index (κ3) is 5.95. The summed E-state index contributed by atoms with van der Waals surface area (Å²) in [7, 11) is -3.77. The van der Waals surface area contributed by atoms with Gasteiger partial charge in [0.25, 0.3) is 15.9 Å². The highest BCUT2D eigenvalue weighted by atomic mass is 32.2. The van der Waals surface area contributed by atoms with E-state index in [1.807, 2.05) is 19.9 Å². The standard InChI is InChI=1S/C24H25N3O4S/c1-16-4-9-22(14-17(16)2)27-32(30,31)23-12-7-20(8-13-23)24(29)25-15-19-5-10-21(11-6-19)26-18(3)28/h4-14,27H,15H2,1-3H3,(H,25,29)(H,26,28). The van der Waals surface area contributed by atoms with Gasteiger partial charge in [0.1, 0.15) is 0 Å². The number of carbonyl (C=O) groups excluding carboxylic acids is 2. The number of carbonyl (C=O) groups is 2. The lowest BCUT2D eigenvalue weighted by Gasteiger charge is -2.11. The van der Waals surface area contributed by atoms with Crippen LogP contribution in [0.2, 0.25) is 0 Å². The number of hydrogen-bond acceptors (Lipinski definition) is 4. The Morgan fingerprint density at radius 3 is 2.03 bits per heavy atom. The lowest BCUT2D eigenvalue weighted by Crippen LogP contribution is -2.23. The Morgan fingerprint density at radius 1 is 0.812 bits per heavy atom. The molecule has 0 aliphatic rings. The maximum Gasteiger partial charge on any atom is 0.261 e. The quantitative estimate of drug-likeness (QED) is 0.505. The first kappa shape index (κ1) is 23.0. The van der Waals surface area contributed by atoms with Gasteiger partial charge in [-0.1, -0.05) is 18.2 Å². The van der Waals surface area contributed by atoms with E-state index in [9.17, 15) is 18.0 Å². The van der Waals surface area contributed by atoms with E-state index in [2.05, 4.69) is 15.4 Å². The first-order valence-electron chi connectivity index (χ1n) is 9.99. The van der Waals surface area contributed by atoms with Gasteiger partial charge >= 0.3 is 0 Å². The number of aryl methyl sites for hydroxylation is 2. The van der Waals surface area contributed by atoms with Gasteiger partial charge in [0.2, 0.25) is 5.91 Å². The van der Waals surface area contributed by atoms with Gasteiger partial charge in [-0.25, -0.2) is 8.42 Å². The molecule has 0 heterocycles. The highest BCUT2D eigenvalue weighted by Crippen LogP contribution is 2.19. The maximum atomic E-state index is 12.6. The molecule has 0 saturated carbocycles. The van der Waals surface area contributed by atoms with E-state index in [0.29, 0.717) is 23.5 Å². The molecule has 7 nitrogen and oxygen atoms in total. The summed E-state index contributed by atoms with van der Waals surface area (Å²) < 4.78 is 27.9. The third-order valence-corrected chi connectivity index (χ3v) is 6.31. The van der Waals surface area contributed by atoms with Crippen molar-refractivity contribution in [3.05, 3.63) is 89.0 Å². The minimum absolute atomic E-state index is 0.0702. The summed E-state index contributed by atoms with van der Waals surface area (Å²) >= 11 is 0. The zero-order chi connectivity index (χ0) is 23.3. The fourth-order valence-electron chi connectivity index (χ4n) is 3.00. The Balaban J connectivity index is 1.62. The SMILES string of the molecule is CC(=O)Nc1ccc(CNC(=O)c2ccc(S(=O)(=O)Nc3ccc(C)c(C)c3)cc2)cc1. The highest BCUT2D eigenvalue weighted by molar-refractivity contribution is 7.92. The Kier molecular flexibility index (Phi) is 6.95. The van der Waals surface area contributed by atoms with E-state index in [-0.39, 0.29) is 16.7 Å². The average Bonchev–Trinajstić information content (AvgIpc) is 2.75. The average molecular weight is 452 g/mol. The Hall–Kier alpha value is -3.65. The van der Waals surface area contributed by atoms with Crippen LogP contribution in [0.25, 0.3) is 0 Å². The summed E-state index contributed by atoms with van der Waals surface area (Å²) in [4.78, 5) is 23.6. The van der Waals surface area contributed by atoms with Gasteiger partial charge < -0.3 is 10.6 Å². The maximum absolute atomic E-state index is 12.6. The van der Waals surface area contributed by atoms with Gasteiger partial charge in [0.15, 0.2) is 0 Å². The molecule has 0 radical (unpaired) electrons. The molecular formula is C24H25N3O4S. The van der Waals surface area contributed by atoms with E-state index in [0.717, 1.165) is 16.7 Å². The van der Waals surface area contributed by atoms with Crippen molar-refractivity contribution in [1.82, 2.24) is 5.32 Å². The summed E-state index contributed by atoms with van der Waals surface area (Å²) in [5.41, 5.74) is 4.45. The van der Waals surface area contributed by atoms with E-state index >= 15 is 0 Å². The van der Waals surface area contributed by atoms with E-state index < -0.39 is 10.0 Å². The summed E-state index contributed by atoms with van der Waals surface area (Å²) in [6.45, 7) is 5.61. The van der Waals surface area contributed by atoms with E-state index in [1.165, 1.54) is 31.2 Å². The van der Waals surface area contributed by atoms with Crippen LogP contribution in [0.1, 0.15) is 34.0 Å². The Labute approximate surface area is 187 Å². The molecule has 3 aromatic carbocycles. The Morgan fingerprint density at radius 2 is 1.44 bits per heavy atom. The fraction of sp³-hybridized carbons (Fsp3) is 0.167. The lowest BCUT2D eigenvalue weighted by molar-refractivity contribution is -0.114. The van der Waals surface area contributed by atoms with Gasteiger partial charge in [-0.15, -0.1) is 0 Å². The van der Waals surface area contributed by atoms with E-state index in [4.69, 9.17) is 0 Å². The molecule has 8 heteroatoms. The number of amides is 2. The fourth-order valence-corrected chi connectivity index (χ4v) is 4.05. The lowest BCUT2D eigenvalue weighted by atomic mass is 10.1. The normalized spacial score (nSPS) is 11.0. The smallest absolute Gasteiger partial charge is 0.261 e. The molecule has 3 aromatic rings. The summed E-state index contributed by atoms with van der Waals surface area (Å²) in [6.07, 6.45) is 0. The van der Waals surface area contributed by atoms with Crippen LogP contribution in [0.3, 0.4) is 0 Å². The minimum Gasteiger partial charge on any atom is -0.348 e. The Bertz CT molecular complexity index is 1240. The van der Waals surface area contributed by atoms with Crippen LogP contribution < -0.4 is 15.4 Å². The molecule has 0 unspecified atom stereocenters. The van der Waals surface area contributed by atoms with Crippen LogP contribution in [-0.2, 0) is 21.4 Å². The largest absolute Gasteiger partial charge is 0.348 e. The number of rotatable bonds is 7. The molecule has 3 N–H and O–H groups in total. The highest BCUT2D eigenvalue weighted by Gasteiger charge is 2.15.